The molecule has 2 rings (SSSR count). The summed E-state index contributed by atoms with van der Waals surface area (Å²) in [6.07, 6.45) is -0.470. The standard InChI is InChI=1S/C13H19NO2.C2H2O4/c1-3-14-8-12(15)13(9-14)16-11-6-4-5-10(2)7-11;3-1(4)2(5)6/h4-7,12-13,15H,3,8-9H2,1-2H3;(H,3,4)(H,5,6)/t12-,13-;/m1./s1. The molecule has 1 aliphatic rings. The van der Waals surface area contributed by atoms with Crippen LogP contribution in [0, 0.1) is 6.92 Å². The van der Waals surface area contributed by atoms with Crippen molar-refractivity contribution in [2.45, 2.75) is 26.1 Å². The number of hydrogen-bond acceptors (Lipinski definition) is 5. The van der Waals surface area contributed by atoms with E-state index in [1.807, 2.05) is 31.2 Å². The van der Waals surface area contributed by atoms with Crippen molar-refractivity contribution in [1.29, 1.82) is 0 Å². The molecule has 1 fully saturated rings. The van der Waals surface area contributed by atoms with Gasteiger partial charge in [-0.25, -0.2) is 9.59 Å². The molecule has 2 atom stereocenters. The molecule has 7 heteroatoms. The van der Waals surface area contributed by atoms with Gasteiger partial charge < -0.3 is 20.1 Å². The lowest BCUT2D eigenvalue weighted by atomic mass is 10.2. The van der Waals surface area contributed by atoms with E-state index in [0.29, 0.717) is 6.54 Å². The maximum Gasteiger partial charge on any atom is 0.414 e. The number of rotatable bonds is 3. The molecule has 22 heavy (non-hydrogen) atoms. The van der Waals surface area contributed by atoms with Crippen LogP contribution >= 0.6 is 0 Å². The minimum atomic E-state index is -1.82. The Morgan fingerprint density at radius 1 is 1.27 bits per heavy atom. The fraction of sp³-hybridized carbons (Fsp3) is 0.467. The normalized spacial score (nSPS) is 20.9. The Labute approximate surface area is 128 Å². The zero-order chi connectivity index (χ0) is 16.7. The van der Waals surface area contributed by atoms with Gasteiger partial charge >= 0.3 is 11.9 Å². The fourth-order valence-electron chi connectivity index (χ4n) is 2.07. The maximum absolute atomic E-state index is 9.85. The SMILES string of the molecule is CCN1C[C@@H](O)[C@H](Oc2cccc(C)c2)C1.O=C(O)C(=O)O. The molecule has 0 bridgehead atoms. The van der Waals surface area contributed by atoms with Crippen LogP contribution in [-0.4, -0.2) is 64.0 Å². The number of likely N-dealkylation sites (N-methyl/N-ethyl adjacent to an activating group) is 1. The zero-order valence-electron chi connectivity index (χ0n) is 12.6. The van der Waals surface area contributed by atoms with Gasteiger partial charge in [0.15, 0.2) is 0 Å². The second-order valence-electron chi connectivity index (χ2n) is 5.00. The summed E-state index contributed by atoms with van der Waals surface area (Å²) in [7, 11) is 0. The third-order valence-corrected chi connectivity index (χ3v) is 3.22. The predicted molar refractivity (Wildman–Crippen MR) is 79.0 cm³/mol. The Morgan fingerprint density at radius 2 is 1.91 bits per heavy atom. The Morgan fingerprint density at radius 3 is 2.36 bits per heavy atom. The van der Waals surface area contributed by atoms with Gasteiger partial charge in [0, 0.05) is 13.1 Å². The number of aryl methyl sites for hydroxylation is 1. The highest BCUT2D eigenvalue weighted by atomic mass is 16.5. The molecule has 1 aromatic rings. The summed E-state index contributed by atoms with van der Waals surface area (Å²) >= 11 is 0. The van der Waals surface area contributed by atoms with E-state index in [-0.39, 0.29) is 12.2 Å². The van der Waals surface area contributed by atoms with E-state index in [9.17, 15) is 5.11 Å². The van der Waals surface area contributed by atoms with Crippen LogP contribution in [0.25, 0.3) is 0 Å². The number of aliphatic hydroxyl groups excluding tert-OH is 1. The van der Waals surface area contributed by atoms with Gasteiger partial charge in [0.05, 0.1) is 0 Å². The van der Waals surface area contributed by atoms with Gasteiger partial charge in [-0.2, -0.15) is 0 Å². The number of likely N-dealkylation sites (tertiary alicyclic amines) is 1. The molecule has 0 aliphatic carbocycles. The van der Waals surface area contributed by atoms with Crippen LogP contribution in [0.1, 0.15) is 12.5 Å². The molecule has 122 valence electrons. The summed E-state index contributed by atoms with van der Waals surface area (Å²) in [5.74, 6) is -2.80. The first-order valence-corrected chi connectivity index (χ1v) is 6.93. The topological polar surface area (TPSA) is 107 Å². The molecule has 0 amide bonds. The highest BCUT2D eigenvalue weighted by molar-refractivity contribution is 6.27. The summed E-state index contributed by atoms with van der Waals surface area (Å²) in [5, 5.41) is 24.6. The summed E-state index contributed by atoms with van der Waals surface area (Å²) in [4.78, 5) is 20.4. The summed E-state index contributed by atoms with van der Waals surface area (Å²) in [6.45, 7) is 6.63. The van der Waals surface area contributed by atoms with Crippen molar-refractivity contribution in [3.05, 3.63) is 29.8 Å². The number of aliphatic carboxylic acids is 2. The third-order valence-electron chi connectivity index (χ3n) is 3.22. The Kier molecular flexibility index (Phi) is 6.81. The average molecular weight is 311 g/mol. The second kappa shape index (κ2) is 8.35. The molecule has 0 spiro atoms. The molecular formula is C15H21NO6. The van der Waals surface area contributed by atoms with Crippen molar-refractivity contribution < 1.29 is 29.6 Å². The van der Waals surface area contributed by atoms with Crippen molar-refractivity contribution in [2.75, 3.05) is 19.6 Å². The van der Waals surface area contributed by atoms with Crippen molar-refractivity contribution in [3.8, 4) is 5.75 Å². The van der Waals surface area contributed by atoms with Crippen LogP contribution in [0.4, 0.5) is 0 Å². The minimum absolute atomic E-state index is 0.0956. The van der Waals surface area contributed by atoms with Gasteiger partial charge in [0.1, 0.15) is 18.0 Å². The average Bonchev–Trinajstić information content (AvgIpc) is 2.80. The molecule has 0 aromatic heterocycles. The van der Waals surface area contributed by atoms with Crippen LogP contribution in [0.5, 0.6) is 5.75 Å². The van der Waals surface area contributed by atoms with E-state index in [0.717, 1.165) is 18.8 Å². The second-order valence-corrected chi connectivity index (χ2v) is 5.00. The van der Waals surface area contributed by atoms with Gasteiger partial charge in [-0.05, 0) is 31.2 Å². The molecule has 0 saturated carbocycles. The van der Waals surface area contributed by atoms with E-state index in [2.05, 4.69) is 11.8 Å². The van der Waals surface area contributed by atoms with Gasteiger partial charge in [-0.15, -0.1) is 0 Å². The molecule has 0 unspecified atom stereocenters. The van der Waals surface area contributed by atoms with Crippen LogP contribution in [-0.2, 0) is 9.59 Å². The van der Waals surface area contributed by atoms with E-state index >= 15 is 0 Å². The van der Waals surface area contributed by atoms with Crippen molar-refractivity contribution >= 4 is 11.9 Å². The number of ether oxygens (including phenoxy) is 1. The number of hydrogen-bond donors (Lipinski definition) is 3. The Balaban J connectivity index is 0.000000346. The fourth-order valence-corrected chi connectivity index (χ4v) is 2.07. The lowest BCUT2D eigenvalue weighted by molar-refractivity contribution is -0.159. The van der Waals surface area contributed by atoms with Gasteiger partial charge in [-0.1, -0.05) is 19.1 Å². The molecule has 1 aromatic carbocycles. The lowest BCUT2D eigenvalue weighted by Crippen LogP contribution is -2.29. The number of nitrogens with zero attached hydrogens (tertiary/aromatic N) is 1. The van der Waals surface area contributed by atoms with Gasteiger partial charge in [-0.3, -0.25) is 4.90 Å². The van der Waals surface area contributed by atoms with Crippen LogP contribution in [0.15, 0.2) is 24.3 Å². The monoisotopic (exact) mass is 311 g/mol. The smallest absolute Gasteiger partial charge is 0.414 e. The summed E-state index contributed by atoms with van der Waals surface area (Å²) in [6, 6.07) is 7.95. The molecule has 1 aliphatic heterocycles. The molecule has 1 saturated heterocycles. The quantitative estimate of drug-likeness (QED) is 0.701. The number of carboxylic acid groups (broad SMARTS) is 2. The number of aliphatic hydroxyl groups is 1. The molecule has 3 N–H and O–H groups in total. The van der Waals surface area contributed by atoms with Crippen molar-refractivity contribution in [1.82, 2.24) is 4.90 Å². The summed E-state index contributed by atoms with van der Waals surface area (Å²) < 4.78 is 5.81. The van der Waals surface area contributed by atoms with E-state index in [4.69, 9.17) is 24.5 Å². The first-order valence-electron chi connectivity index (χ1n) is 6.93. The van der Waals surface area contributed by atoms with E-state index < -0.39 is 11.9 Å². The molecule has 7 nitrogen and oxygen atoms in total. The molecule has 0 radical (unpaired) electrons. The third kappa shape index (κ3) is 5.71. The van der Waals surface area contributed by atoms with Crippen molar-refractivity contribution in [2.24, 2.45) is 0 Å². The maximum atomic E-state index is 9.85. The van der Waals surface area contributed by atoms with Crippen LogP contribution in [0.2, 0.25) is 0 Å². The first-order chi connectivity index (χ1) is 10.3. The van der Waals surface area contributed by atoms with Gasteiger partial charge in [0.25, 0.3) is 0 Å². The number of β-amino-alcohol motifs (C(OH)–C–C–N with tert-alkyl or cyclic N) is 1. The highest BCUT2D eigenvalue weighted by Gasteiger charge is 2.31. The van der Waals surface area contributed by atoms with Gasteiger partial charge in [0.2, 0.25) is 0 Å². The molecular weight excluding hydrogens is 290 g/mol. The predicted octanol–water partition coefficient (Wildman–Crippen LogP) is 0.594. The van der Waals surface area contributed by atoms with E-state index in [1.54, 1.807) is 0 Å². The summed E-state index contributed by atoms with van der Waals surface area (Å²) in [5.41, 5.74) is 1.18. The van der Waals surface area contributed by atoms with Crippen LogP contribution in [0.3, 0.4) is 0 Å². The number of carbonyl (C=O) groups is 2. The zero-order valence-corrected chi connectivity index (χ0v) is 12.6. The molecule has 1 heterocycles. The Hall–Kier alpha value is -2.12. The number of carboxylic acids is 2. The Bertz CT molecular complexity index is 507. The first kappa shape index (κ1) is 17.9. The number of benzene rings is 1. The largest absolute Gasteiger partial charge is 0.486 e. The van der Waals surface area contributed by atoms with Crippen molar-refractivity contribution in [3.63, 3.8) is 0 Å². The lowest BCUT2D eigenvalue weighted by Gasteiger charge is -2.16. The van der Waals surface area contributed by atoms with Crippen LogP contribution < -0.4 is 4.74 Å². The highest BCUT2D eigenvalue weighted by Crippen LogP contribution is 2.19. The van der Waals surface area contributed by atoms with E-state index in [1.165, 1.54) is 5.56 Å². The minimum Gasteiger partial charge on any atom is -0.486 e.